The van der Waals surface area contributed by atoms with Crippen LogP contribution in [0.1, 0.15) is 59.8 Å². The maximum atomic E-state index is 12.2. The Balaban J connectivity index is 2.38. The molecule has 1 heterocycles. The maximum Gasteiger partial charge on any atom is 0.225 e. The fourth-order valence-corrected chi connectivity index (χ4v) is 2.74. The van der Waals surface area contributed by atoms with Gasteiger partial charge in [-0.05, 0) is 26.2 Å². The highest BCUT2D eigenvalue weighted by molar-refractivity contribution is 5.89. The monoisotopic (exact) mass is 282 g/mol. The molecule has 1 aliphatic rings. The van der Waals surface area contributed by atoms with E-state index >= 15 is 0 Å². The van der Waals surface area contributed by atoms with E-state index in [1.54, 1.807) is 4.90 Å². The van der Waals surface area contributed by atoms with Crippen LogP contribution >= 0.6 is 0 Å². The van der Waals surface area contributed by atoms with Crippen LogP contribution in [0.2, 0.25) is 0 Å². The molecule has 0 aromatic rings. The van der Waals surface area contributed by atoms with E-state index in [-0.39, 0.29) is 23.8 Å². The lowest BCUT2D eigenvalue weighted by Gasteiger charge is -2.21. The van der Waals surface area contributed by atoms with Crippen LogP contribution in [0, 0.1) is 11.8 Å². The molecular weight excluding hydrogens is 252 g/mol. The summed E-state index contributed by atoms with van der Waals surface area (Å²) in [6.45, 7) is 9.68. The first kappa shape index (κ1) is 17.0. The molecular formula is C16H30N2O2. The van der Waals surface area contributed by atoms with E-state index in [2.05, 4.69) is 19.2 Å². The molecule has 4 heteroatoms. The minimum atomic E-state index is -0.159. The van der Waals surface area contributed by atoms with Gasteiger partial charge in [0.25, 0.3) is 0 Å². The summed E-state index contributed by atoms with van der Waals surface area (Å²) in [6.07, 6.45) is 5.06. The third kappa shape index (κ3) is 4.80. The molecule has 2 atom stereocenters. The predicted octanol–water partition coefficient (Wildman–Crippen LogP) is 2.58. The molecule has 0 spiro atoms. The molecule has 0 radical (unpaired) electrons. The zero-order chi connectivity index (χ0) is 15.1. The van der Waals surface area contributed by atoms with Crippen LogP contribution in [-0.4, -0.2) is 35.8 Å². The standard InChI is InChI=1S/C16H30N2O2/c1-5-7-8-13(6-2)10-17-16(20)14-9-15(19)18(11-14)12(3)4/h12-14H,5-11H2,1-4H3,(H,17,20)/t13-,14+/m1/s1. The van der Waals surface area contributed by atoms with Gasteiger partial charge in [-0.25, -0.2) is 0 Å². The summed E-state index contributed by atoms with van der Waals surface area (Å²) < 4.78 is 0. The van der Waals surface area contributed by atoms with Gasteiger partial charge in [-0.2, -0.15) is 0 Å². The molecule has 4 nitrogen and oxygen atoms in total. The van der Waals surface area contributed by atoms with Gasteiger partial charge in [-0.1, -0.05) is 33.1 Å². The smallest absolute Gasteiger partial charge is 0.225 e. The van der Waals surface area contributed by atoms with E-state index in [0.29, 0.717) is 18.9 Å². The van der Waals surface area contributed by atoms with Gasteiger partial charge in [-0.3, -0.25) is 9.59 Å². The van der Waals surface area contributed by atoms with E-state index in [1.165, 1.54) is 19.3 Å². The first-order chi connectivity index (χ1) is 9.49. The topological polar surface area (TPSA) is 49.4 Å². The molecule has 2 amide bonds. The van der Waals surface area contributed by atoms with Gasteiger partial charge >= 0.3 is 0 Å². The minimum Gasteiger partial charge on any atom is -0.356 e. The van der Waals surface area contributed by atoms with Crippen molar-refractivity contribution in [1.82, 2.24) is 10.2 Å². The lowest BCUT2D eigenvalue weighted by Crippen LogP contribution is -2.37. The number of carbonyl (C=O) groups is 2. The Hall–Kier alpha value is -1.06. The number of nitrogens with zero attached hydrogens (tertiary/aromatic N) is 1. The van der Waals surface area contributed by atoms with Crippen molar-refractivity contribution in [2.75, 3.05) is 13.1 Å². The van der Waals surface area contributed by atoms with Gasteiger partial charge in [-0.15, -0.1) is 0 Å². The van der Waals surface area contributed by atoms with E-state index < -0.39 is 0 Å². The van der Waals surface area contributed by atoms with Gasteiger partial charge in [0.2, 0.25) is 11.8 Å². The minimum absolute atomic E-state index is 0.0523. The highest BCUT2D eigenvalue weighted by Crippen LogP contribution is 2.20. The van der Waals surface area contributed by atoms with Crippen LogP contribution in [-0.2, 0) is 9.59 Å². The van der Waals surface area contributed by atoms with Gasteiger partial charge < -0.3 is 10.2 Å². The summed E-state index contributed by atoms with van der Waals surface area (Å²) in [5.74, 6) is 0.570. The van der Waals surface area contributed by atoms with Crippen molar-refractivity contribution in [1.29, 1.82) is 0 Å². The summed E-state index contributed by atoms with van der Waals surface area (Å²) >= 11 is 0. The zero-order valence-corrected chi connectivity index (χ0v) is 13.4. The summed E-state index contributed by atoms with van der Waals surface area (Å²) in [7, 11) is 0. The molecule has 0 bridgehead atoms. The Bertz CT molecular complexity index is 328. The molecule has 0 aromatic heterocycles. The van der Waals surface area contributed by atoms with Crippen molar-refractivity contribution < 1.29 is 9.59 Å². The molecule has 1 rings (SSSR count). The molecule has 0 aliphatic carbocycles. The quantitative estimate of drug-likeness (QED) is 0.744. The Labute approximate surface area is 123 Å². The molecule has 1 aliphatic heterocycles. The Morgan fingerprint density at radius 3 is 2.60 bits per heavy atom. The summed E-state index contributed by atoms with van der Waals surface area (Å²) in [5.41, 5.74) is 0. The first-order valence-corrected chi connectivity index (χ1v) is 8.06. The SMILES string of the molecule is CCCC[C@@H](CC)CNC(=O)[C@H]1CC(=O)N(C(C)C)C1. The molecule has 20 heavy (non-hydrogen) atoms. The third-order valence-electron chi connectivity index (χ3n) is 4.26. The highest BCUT2D eigenvalue weighted by atomic mass is 16.2. The second kappa shape index (κ2) is 8.28. The maximum absolute atomic E-state index is 12.2. The lowest BCUT2D eigenvalue weighted by atomic mass is 9.99. The van der Waals surface area contributed by atoms with Gasteiger partial charge in [0.05, 0.1) is 5.92 Å². The van der Waals surface area contributed by atoms with Gasteiger partial charge in [0.15, 0.2) is 0 Å². The van der Waals surface area contributed by atoms with Crippen molar-refractivity contribution in [3.05, 3.63) is 0 Å². The number of hydrogen-bond donors (Lipinski definition) is 1. The lowest BCUT2D eigenvalue weighted by molar-refractivity contribution is -0.130. The Morgan fingerprint density at radius 1 is 1.40 bits per heavy atom. The van der Waals surface area contributed by atoms with Gasteiger partial charge in [0, 0.05) is 25.6 Å². The van der Waals surface area contributed by atoms with Crippen LogP contribution in [0.15, 0.2) is 0 Å². The van der Waals surface area contributed by atoms with Crippen molar-refractivity contribution in [2.24, 2.45) is 11.8 Å². The van der Waals surface area contributed by atoms with Crippen LogP contribution < -0.4 is 5.32 Å². The highest BCUT2D eigenvalue weighted by Gasteiger charge is 2.35. The number of nitrogens with one attached hydrogen (secondary N) is 1. The van der Waals surface area contributed by atoms with E-state index in [9.17, 15) is 9.59 Å². The number of rotatable bonds is 8. The van der Waals surface area contributed by atoms with E-state index in [4.69, 9.17) is 0 Å². The molecule has 0 aromatic carbocycles. The number of carbonyl (C=O) groups excluding carboxylic acids is 2. The largest absolute Gasteiger partial charge is 0.356 e. The number of hydrogen-bond acceptors (Lipinski definition) is 2. The molecule has 116 valence electrons. The second-order valence-corrected chi connectivity index (χ2v) is 6.20. The van der Waals surface area contributed by atoms with Crippen LogP contribution in [0.3, 0.4) is 0 Å². The van der Waals surface area contributed by atoms with Crippen molar-refractivity contribution in [3.63, 3.8) is 0 Å². The van der Waals surface area contributed by atoms with Gasteiger partial charge in [0.1, 0.15) is 0 Å². The Kier molecular flexibility index (Phi) is 7.03. The van der Waals surface area contributed by atoms with Crippen LogP contribution in [0.4, 0.5) is 0 Å². The van der Waals surface area contributed by atoms with Crippen molar-refractivity contribution in [3.8, 4) is 0 Å². The summed E-state index contributed by atoms with van der Waals surface area (Å²) in [4.78, 5) is 25.8. The molecule has 0 saturated carbocycles. The molecule has 0 unspecified atom stereocenters. The Morgan fingerprint density at radius 2 is 2.10 bits per heavy atom. The number of likely N-dealkylation sites (tertiary alicyclic amines) is 1. The second-order valence-electron chi connectivity index (χ2n) is 6.20. The average molecular weight is 282 g/mol. The fraction of sp³-hybridized carbons (Fsp3) is 0.875. The molecule has 1 fully saturated rings. The van der Waals surface area contributed by atoms with E-state index in [1.807, 2.05) is 13.8 Å². The van der Waals surface area contributed by atoms with Crippen LogP contribution in [0.5, 0.6) is 0 Å². The fourth-order valence-electron chi connectivity index (χ4n) is 2.74. The van der Waals surface area contributed by atoms with Crippen molar-refractivity contribution >= 4 is 11.8 Å². The molecule has 1 N–H and O–H groups in total. The normalized spacial score (nSPS) is 20.6. The molecule has 1 saturated heterocycles. The number of amides is 2. The third-order valence-corrected chi connectivity index (χ3v) is 4.26. The number of unbranched alkanes of at least 4 members (excludes halogenated alkanes) is 1. The van der Waals surface area contributed by atoms with Crippen molar-refractivity contribution in [2.45, 2.75) is 65.8 Å². The van der Waals surface area contributed by atoms with Crippen LogP contribution in [0.25, 0.3) is 0 Å². The first-order valence-electron chi connectivity index (χ1n) is 8.06. The summed E-state index contributed by atoms with van der Waals surface area (Å²) in [5, 5.41) is 3.05. The average Bonchev–Trinajstić information content (AvgIpc) is 2.81. The zero-order valence-electron chi connectivity index (χ0n) is 13.4. The summed E-state index contributed by atoms with van der Waals surface area (Å²) in [6, 6.07) is 0.188. The van der Waals surface area contributed by atoms with E-state index in [0.717, 1.165) is 13.0 Å². The predicted molar refractivity (Wildman–Crippen MR) is 81.3 cm³/mol.